The molecule has 1 N–H and O–H groups in total. The van der Waals surface area contributed by atoms with Crippen LogP contribution < -0.4 is 14.8 Å². The van der Waals surface area contributed by atoms with Crippen molar-refractivity contribution < 1.29 is 14.3 Å². The maximum Gasteiger partial charge on any atom is 0.262 e. The molecule has 116 valence electrons. The van der Waals surface area contributed by atoms with Crippen LogP contribution in [0.5, 0.6) is 11.5 Å². The number of benzene rings is 2. The predicted octanol–water partition coefficient (Wildman–Crippen LogP) is 4.67. The molecule has 0 fully saturated rings. The Bertz CT molecular complexity index is 692. The topological polar surface area (TPSA) is 47.6 Å². The first-order chi connectivity index (χ1) is 10.5. The molecule has 2 rings (SSSR count). The third kappa shape index (κ3) is 4.44. The highest BCUT2D eigenvalue weighted by Gasteiger charge is 2.10. The number of ether oxygens (including phenoxy) is 2. The molecule has 0 heterocycles. The van der Waals surface area contributed by atoms with Gasteiger partial charge in [0.25, 0.3) is 5.91 Å². The number of methoxy groups -OCH3 is 1. The standard InChI is InChI=1S/C15H12Cl3NO3/c1-21-13-5-3-9(16)6-12(13)19-15(20)8-22-14-7-10(17)2-4-11(14)18/h2-7H,8H2,1H3,(H,19,20). The number of nitrogens with one attached hydrogen (secondary N) is 1. The molecule has 0 atom stereocenters. The van der Waals surface area contributed by atoms with Crippen LogP contribution in [0, 0.1) is 0 Å². The molecule has 0 saturated carbocycles. The van der Waals surface area contributed by atoms with E-state index in [1.807, 2.05) is 0 Å². The lowest BCUT2D eigenvalue weighted by Crippen LogP contribution is -2.20. The van der Waals surface area contributed by atoms with Gasteiger partial charge >= 0.3 is 0 Å². The van der Waals surface area contributed by atoms with E-state index in [1.54, 1.807) is 30.3 Å². The van der Waals surface area contributed by atoms with Crippen molar-refractivity contribution in [1.29, 1.82) is 0 Å². The largest absolute Gasteiger partial charge is 0.495 e. The molecule has 1 amide bonds. The first-order valence-corrected chi connectivity index (χ1v) is 7.34. The molecular weight excluding hydrogens is 349 g/mol. The number of carbonyl (C=O) groups excluding carboxylic acids is 1. The molecule has 22 heavy (non-hydrogen) atoms. The quantitative estimate of drug-likeness (QED) is 0.842. The Morgan fingerprint density at radius 3 is 2.45 bits per heavy atom. The van der Waals surface area contributed by atoms with Crippen LogP contribution in [0.15, 0.2) is 36.4 Å². The summed E-state index contributed by atoms with van der Waals surface area (Å²) in [6, 6.07) is 9.68. The fourth-order valence-corrected chi connectivity index (χ4v) is 2.20. The van der Waals surface area contributed by atoms with Crippen molar-refractivity contribution in [1.82, 2.24) is 0 Å². The molecule has 0 aliphatic carbocycles. The molecule has 0 spiro atoms. The van der Waals surface area contributed by atoms with E-state index in [4.69, 9.17) is 44.3 Å². The van der Waals surface area contributed by atoms with Gasteiger partial charge in [0.05, 0.1) is 17.8 Å². The van der Waals surface area contributed by atoms with Crippen molar-refractivity contribution in [3.63, 3.8) is 0 Å². The Morgan fingerprint density at radius 2 is 1.73 bits per heavy atom. The normalized spacial score (nSPS) is 10.2. The number of rotatable bonds is 5. The molecule has 0 bridgehead atoms. The summed E-state index contributed by atoms with van der Waals surface area (Å²) in [6.45, 7) is -0.226. The number of amides is 1. The summed E-state index contributed by atoms with van der Waals surface area (Å²) in [7, 11) is 1.50. The molecule has 0 aromatic heterocycles. The van der Waals surface area contributed by atoms with E-state index < -0.39 is 0 Å². The molecule has 4 nitrogen and oxygen atoms in total. The zero-order valence-electron chi connectivity index (χ0n) is 11.5. The highest BCUT2D eigenvalue weighted by molar-refractivity contribution is 6.34. The van der Waals surface area contributed by atoms with Crippen LogP contribution in [0.2, 0.25) is 15.1 Å². The number of hydrogen-bond acceptors (Lipinski definition) is 3. The molecule has 0 unspecified atom stereocenters. The molecule has 0 radical (unpaired) electrons. The highest BCUT2D eigenvalue weighted by atomic mass is 35.5. The Labute approximate surface area is 142 Å². The van der Waals surface area contributed by atoms with Gasteiger partial charge in [0.1, 0.15) is 11.5 Å². The van der Waals surface area contributed by atoms with Gasteiger partial charge in [-0.2, -0.15) is 0 Å². The Balaban J connectivity index is 2.01. The van der Waals surface area contributed by atoms with E-state index in [9.17, 15) is 4.79 Å². The summed E-state index contributed by atoms with van der Waals surface area (Å²) in [4.78, 5) is 12.0. The second-order valence-corrected chi connectivity index (χ2v) is 5.54. The summed E-state index contributed by atoms with van der Waals surface area (Å²) >= 11 is 17.7. The summed E-state index contributed by atoms with van der Waals surface area (Å²) < 4.78 is 10.5. The third-order valence-corrected chi connectivity index (χ3v) is 3.47. The number of carbonyl (C=O) groups is 1. The minimum Gasteiger partial charge on any atom is -0.495 e. The van der Waals surface area contributed by atoms with Crippen molar-refractivity contribution >= 4 is 46.4 Å². The van der Waals surface area contributed by atoms with E-state index in [0.29, 0.717) is 32.3 Å². The first-order valence-electron chi connectivity index (χ1n) is 6.21. The molecule has 0 aliphatic rings. The zero-order valence-corrected chi connectivity index (χ0v) is 13.8. The lowest BCUT2D eigenvalue weighted by molar-refractivity contribution is -0.118. The van der Waals surface area contributed by atoms with E-state index in [2.05, 4.69) is 5.32 Å². The van der Waals surface area contributed by atoms with Gasteiger partial charge < -0.3 is 14.8 Å². The molecule has 2 aromatic carbocycles. The maximum absolute atomic E-state index is 12.0. The van der Waals surface area contributed by atoms with Crippen LogP contribution in [0.1, 0.15) is 0 Å². The number of halogens is 3. The van der Waals surface area contributed by atoms with Gasteiger partial charge in [0, 0.05) is 16.1 Å². The molecule has 0 saturated heterocycles. The van der Waals surface area contributed by atoms with Gasteiger partial charge in [-0.1, -0.05) is 34.8 Å². The van der Waals surface area contributed by atoms with Crippen molar-refractivity contribution in [3.05, 3.63) is 51.5 Å². The van der Waals surface area contributed by atoms with Gasteiger partial charge in [-0.05, 0) is 30.3 Å². The van der Waals surface area contributed by atoms with E-state index in [-0.39, 0.29) is 12.5 Å². The van der Waals surface area contributed by atoms with Gasteiger partial charge in [0.15, 0.2) is 6.61 Å². The van der Waals surface area contributed by atoms with Crippen molar-refractivity contribution in [3.8, 4) is 11.5 Å². The smallest absolute Gasteiger partial charge is 0.262 e. The summed E-state index contributed by atoms with van der Waals surface area (Å²) in [5.74, 6) is 0.456. The second kappa shape index (κ2) is 7.58. The van der Waals surface area contributed by atoms with Gasteiger partial charge in [-0.3, -0.25) is 4.79 Å². The van der Waals surface area contributed by atoms with E-state index >= 15 is 0 Å². The predicted molar refractivity (Wildman–Crippen MR) is 88.6 cm³/mol. The molecule has 2 aromatic rings. The lowest BCUT2D eigenvalue weighted by atomic mass is 10.3. The van der Waals surface area contributed by atoms with Crippen LogP contribution in [0.3, 0.4) is 0 Å². The first kappa shape index (κ1) is 16.7. The number of anilines is 1. The van der Waals surface area contributed by atoms with Gasteiger partial charge in [-0.25, -0.2) is 0 Å². The van der Waals surface area contributed by atoms with Crippen LogP contribution >= 0.6 is 34.8 Å². The van der Waals surface area contributed by atoms with Gasteiger partial charge in [0.2, 0.25) is 0 Å². The van der Waals surface area contributed by atoms with E-state index in [0.717, 1.165) is 0 Å². The van der Waals surface area contributed by atoms with Gasteiger partial charge in [-0.15, -0.1) is 0 Å². The zero-order chi connectivity index (χ0) is 16.1. The molecule has 0 aliphatic heterocycles. The van der Waals surface area contributed by atoms with Crippen LogP contribution in [0.25, 0.3) is 0 Å². The minimum atomic E-state index is -0.378. The monoisotopic (exact) mass is 359 g/mol. The molecular formula is C15H12Cl3NO3. The number of hydrogen-bond donors (Lipinski definition) is 1. The molecule has 7 heteroatoms. The highest BCUT2D eigenvalue weighted by Crippen LogP contribution is 2.29. The van der Waals surface area contributed by atoms with Crippen molar-refractivity contribution in [2.24, 2.45) is 0 Å². The second-order valence-electron chi connectivity index (χ2n) is 4.26. The minimum absolute atomic E-state index is 0.226. The summed E-state index contributed by atoms with van der Waals surface area (Å²) in [6.07, 6.45) is 0. The summed E-state index contributed by atoms with van der Waals surface area (Å²) in [5, 5.41) is 3.98. The lowest BCUT2D eigenvalue weighted by Gasteiger charge is -2.12. The average molecular weight is 361 g/mol. The SMILES string of the molecule is COc1ccc(Cl)cc1NC(=O)COc1cc(Cl)ccc1Cl. The van der Waals surface area contributed by atoms with Crippen LogP contribution in [-0.4, -0.2) is 19.6 Å². The van der Waals surface area contributed by atoms with E-state index in [1.165, 1.54) is 13.2 Å². The Hall–Kier alpha value is -1.62. The fourth-order valence-electron chi connectivity index (χ4n) is 1.70. The van der Waals surface area contributed by atoms with Crippen LogP contribution in [0.4, 0.5) is 5.69 Å². The Morgan fingerprint density at radius 1 is 1.05 bits per heavy atom. The van der Waals surface area contributed by atoms with Crippen LogP contribution in [-0.2, 0) is 4.79 Å². The average Bonchev–Trinajstić information content (AvgIpc) is 2.48. The summed E-state index contributed by atoms with van der Waals surface area (Å²) in [5.41, 5.74) is 0.459. The van der Waals surface area contributed by atoms with Crippen molar-refractivity contribution in [2.75, 3.05) is 19.0 Å². The maximum atomic E-state index is 12.0. The third-order valence-electron chi connectivity index (χ3n) is 2.69. The van der Waals surface area contributed by atoms with Crippen molar-refractivity contribution in [2.45, 2.75) is 0 Å². The Kier molecular flexibility index (Phi) is 5.77. The fraction of sp³-hybridized carbons (Fsp3) is 0.133.